The van der Waals surface area contributed by atoms with Crippen LogP contribution in [-0.4, -0.2) is 57.3 Å². The second-order valence-electron chi connectivity index (χ2n) is 8.19. The van der Waals surface area contributed by atoms with Gasteiger partial charge in [-0.05, 0) is 51.8 Å². The fourth-order valence-corrected chi connectivity index (χ4v) is 4.76. The lowest BCUT2D eigenvalue weighted by molar-refractivity contribution is 0.0506. The first kappa shape index (κ1) is 26.3. The van der Waals surface area contributed by atoms with Crippen molar-refractivity contribution in [3.63, 3.8) is 0 Å². The summed E-state index contributed by atoms with van der Waals surface area (Å²) >= 11 is 6.32. The SMILES string of the molecule is CCN(CC)c1ccc(CN(C[C@@H]2CCCO2)C(=O)c2ccccc2Cl)c(OS(=O)(=O)CC)c1. The van der Waals surface area contributed by atoms with Crippen LogP contribution in [-0.2, 0) is 21.4 Å². The summed E-state index contributed by atoms with van der Waals surface area (Å²) < 4.78 is 36.0. The molecule has 34 heavy (non-hydrogen) atoms. The van der Waals surface area contributed by atoms with Gasteiger partial charge in [0.25, 0.3) is 5.91 Å². The molecule has 1 aliphatic heterocycles. The molecule has 0 aliphatic carbocycles. The van der Waals surface area contributed by atoms with E-state index in [0.29, 0.717) is 29.3 Å². The first-order valence-electron chi connectivity index (χ1n) is 11.7. The summed E-state index contributed by atoms with van der Waals surface area (Å²) in [5.74, 6) is -0.158. The van der Waals surface area contributed by atoms with Crippen LogP contribution in [0.25, 0.3) is 0 Å². The first-order valence-corrected chi connectivity index (χ1v) is 13.7. The van der Waals surface area contributed by atoms with Gasteiger partial charge >= 0.3 is 10.1 Å². The van der Waals surface area contributed by atoms with Crippen LogP contribution in [0.15, 0.2) is 42.5 Å². The van der Waals surface area contributed by atoms with E-state index in [1.54, 1.807) is 35.2 Å². The van der Waals surface area contributed by atoms with Gasteiger partial charge in [0, 0.05) is 50.1 Å². The van der Waals surface area contributed by atoms with Gasteiger partial charge in [-0.3, -0.25) is 4.79 Å². The molecule has 0 bridgehead atoms. The Morgan fingerprint density at radius 1 is 1.15 bits per heavy atom. The summed E-state index contributed by atoms with van der Waals surface area (Å²) in [7, 11) is -3.76. The standard InChI is InChI=1S/C25H33ClN2O5S/c1-4-27(5-2)20-14-13-19(24(16-20)33-34(30,31)6-3)17-28(18-21-10-9-15-32-21)25(29)22-11-7-8-12-23(22)26/h7-8,11-14,16,21H,4-6,9-10,15,17-18H2,1-3H3/t21-/m0/s1. The first-order chi connectivity index (χ1) is 16.3. The van der Waals surface area contributed by atoms with E-state index in [2.05, 4.69) is 4.90 Å². The van der Waals surface area contributed by atoms with E-state index in [9.17, 15) is 13.2 Å². The molecule has 0 radical (unpaired) electrons. The Bertz CT molecular complexity index is 1080. The smallest absolute Gasteiger partial charge is 0.308 e. The Kier molecular flexibility index (Phi) is 9.22. The summed E-state index contributed by atoms with van der Waals surface area (Å²) in [5, 5.41) is 0.367. The zero-order chi connectivity index (χ0) is 24.7. The van der Waals surface area contributed by atoms with Crippen LogP contribution >= 0.6 is 11.6 Å². The molecule has 2 aromatic carbocycles. The van der Waals surface area contributed by atoms with E-state index in [1.807, 2.05) is 26.0 Å². The number of carbonyl (C=O) groups is 1. The molecule has 1 fully saturated rings. The zero-order valence-electron chi connectivity index (χ0n) is 20.0. The van der Waals surface area contributed by atoms with Crippen LogP contribution in [0.3, 0.4) is 0 Å². The molecule has 0 N–H and O–H groups in total. The van der Waals surface area contributed by atoms with Crippen molar-refractivity contribution in [1.82, 2.24) is 4.90 Å². The summed E-state index contributed by atoms with van der Waals surface area (Å²) in [6.07, 6.45) is 1.73. The zero-order valence-corrected chi connectivity index (χ0v) is 21.6. The van der Waals surface area contributed by atoms with Gasteiger partial charge in [-0.15, -0.1) is 0 Å². The number of ether oxygens (including phenoxy) is 1. The summed E-state index contributed by atoms with van der Waals surface area (Å²) in [4.78, 5) is 17.3. The third-order valence-corrected chi connectivity index (χ3v) is 7.42. The fraction of sp³-hybridized carbons (Fsp3) is 0.480. The summed E-state index contributed by atoms with van der Waals surface area (Å²) in [6.45, 7) is 8.35. The maximum atomic E-state index is 13.5. The molecule has 0 saturated carbocycles. The topological polar surface area (TPSA) is 76.2 Å². The Labute approximate surface area is 207 Å². The van der Waals surface area contributed by atoms with Crippen LogP contribution in [0.4, 0.5) is 5.69 Å². The second-order valence-corrected chi connectivity index (χ2v) is 10.5. The molecule has 1 amide bonds. The molecular weight excluding hydrogens is 476 g/mol. The lowest BCUT2D eigenvalue weighted by Gasteiger charge is -2.28. The van der Waals surface area contributed by atoms with E-state index >= 15 is 0 Å². The van der Waals surface area contributed by atoms with Crippen molar-refractivity contribution in [1.29, 1.82) is 0 Å². The average molecular weight is 509 g/mol. The van der Waals surface area contributed by atoms with Gasteiger partial charge < -0.3 is 18.7 Å². The van der Waals surface area contributed by atoms with Crippen molar-refractivity contribution in [2.45, 2.75) is 46.3 Å². The highest BCUT2D eigenvalue weighted by Gasteiger charge is 2.26. The van der Waals surface area contributed by atoms with Gasteiger partial charge in [0.2, 0.25) is 0 Å². The van der Waals surface area contributed by atoms with Crippen molar-refractivity contribution in [3.8, 4) is 5.75 Å². The lowest BCUT2D eigenvalue weighted by Crippen LogP contribution is -2.37. The van der Waals surface area contributed by atoms with Gasteiger partial charge in [0.15, 0.2) is 0 Å². The molecule has 186 valence electrons. The Morgan fingerprint density at radius 3 is 2.50 bits per heavy atom. The minimum Gasteiger partial charge on any atom is -0.382 e. The van der Waals surface area contributed by atoms with Crippen LogP contribution in [0.2, 0.25) is 5.02 Å². The molecule has 3 rings (SSSR count). The quantitative estimate of drug-likeness (QED) is 0.408. The number of halogens is 1. The van der Waals surface area contributed by atoms with Crippen molar-refractivity contribution >= 4 is 33.3 Å². The largest absolute Gasteiger partial charge is 0.382 e. The molecule has 1 heterocycles. The van der Waals surface area contributed by atoms with E-state index < -0.39 is 10.1 Å². The number of benzene rings is 2. The predicted molar refractivity (Wildman–Crippen MR) is 135 cm³/mol. The van der Waals surface area contributed by atoms with Crippen LogP contribution in [0, 0.1) is 0 Å². The average Bonchev–Trinajstić information content (AvgIpc) is 3.34. The van der Waals surface area contributed by atoms with Gasteiger partial charge in [-0.2, -0.15) is 8.42 Å². The minimum atomic E-state index is -3.76. The molecule has 0 spiro atoms. The number of anilines is 1. The van der Waals surface area contributed by atoms with Crippen LogP contribution in [0.1, 0.15) is 49.5 Å². The Hall–Kier alpha value is -2.29. The summed E-state index contributed by atoms with van der Waals surface area (Å²) in [5.41, 5.74) is 1.86. The van der Waals surface area contributed by atoms with E-state index in [0.717, 1.165) is 31.6 Å². The third kappa shape index (κ3) is 6.64. The Morgan fingerprint density at radius 2 is 1.88 bits per heavy atom. The Balaban J connectivity index is 1.99. The van der Waals surface area contributed by atoms with Crippen molar-refractivity contribution in [2.24, 2.45) is 0 Å². The molecule has 9 heteroatoms. The number of nitrogens with zero attached hydrogens (tertiary/aromatic N) is 2. The van der Waals surface area contributed by atoms with Gasteiger partial charge in [-0.25, -0.2) is 0 Å². The third-order valence-electron chi connectivity index (χ3n) is 5.95. The molecule has 0 aromatic heterocycles. The number of hydrogen-bond donors (Lipinski definition) is 0. The molecule has 0 unspecified atom stereocenters. The molecule has 1 atom stereocenters. The maximum Gasteiger partial charge on any atom is 0.308 e. The predicted octanol–water partition coefficient (Wildman–Crippen LogP) is 4.74. The van der Waals surface area contributed by atoms with Gasteiger partial charge in [0.05, 0.1) is 22.4 Å². The van der Waals surface area contributed by atoms with Gasteiger partial charge in [-0.1, -0.05) is 29.8 Å². The number of rotatable bonds is 11. The highest BCUT2D eigenvalue weighted by Crippen LogP contribution is 2.30. The second kappa shape index (κ2) is 11.9. The highest BCUT2D eigenvalue weighted by atomic mass is 35.5. The lowest BCUT2D eigenvalue weighted by atomic mass is 10.1. The number of carbonyl (C=O) groups excluding carboxylic acids is 1. The monoisotopic (exact) mass is 508 g/mol. The normalized spacial score (nSPS) is 15.8. The number of hydrogen-bond acceptors (Lipinski definition) is 6. The van der Waals surface area contributed by atoms with E-state index in [1.165, 1.54) is 6.92 Å². The molecule has 1 saturated heterocycles. The van der Waals surface area contributed by atoms with Crippen LogP contribution < -0.4 is 9.08 Å². The molecule has 2 aromatic rings. The van der Waals surface area contributed by atoms with E-state index in [-0.39, 0.29) is 30.1 Å². The minimum absolute atomic E-state index is 0.0786. The van der Waals surface area contributed by atoms with Crippen molar-refractivity contribution in [3.05, 3.63) is 58.6 Å². The van der Waals surface area contributed by atoms with Crippen LogP contribution in [0.5, 0.6) is 5.75 Å². The van der Waals surface area contributed by atoms with Crippen molar-refractivity contribution in [2.75, 3.05) is 36.9 Å². The molecule has 7 nitrogen and oxygen atoms in total. The maximum absolute atomic E-state index is 13.5. The van der Waals surface area contributed by atoms with Gasteiger partial charge in [0.1, 0.15) is 5.75 Å². The summed E-state index contributed by atoms with van der Waals surface area (Å²) in [6, 6.07) is 12.4. The van der Waals surface area contributed by atoms with E-state index in [4.69, 9.17) is 20.5 Å². The fourth-order valence-electron chi connectivity index (χ4n) is 4.00. The highest BCUT2D eigenvalue weighted by molar-refractivity contribution is 7.87. The molecular formula is C25H33ClN2O5S. The van der Waals surface area contributed by atoms with Crippen molar-refractivity contribution < 1.29 is 22.1 Å². The number of amides is 1. The molecule has 1 aliphatic rings.